The maximum atomic E-state index is 13.0. The van der Waals surface area contributed by atoms with E-state index in [4.69, 9.17) is 12.2 Å². The first kappa shape index (κ1) is 20.9. The van der Waals surface area contributed by atoms with Crippen LogP contribution < -0.4 is 0 Å². The zero-order valence-electron chi connectivity index (χ0n) is 15.1. The predicted molar refractivity (Wildman–Crippen MR) is 111 cm³/mol. The summed E-state index contributed by atoms with van der Waals surface area (Å²) in [4.78, 5) is 28.5. The molecular weight excluding hydrogens is 423 g/mol. The molecule has 0 unspecified atom stereocenters. The van der Waals surface area contributed by atoms with E-state index in [2.05, 4.69) is 0 Å². The minimum absolute atomic E-state index is 0.0462. The Labute approximate surface area is 172 Å². The van der Waals surface area contributed by atoms with Crippen molar-refractivity contribution in [1.29, 1.82) is 0 Å². The van der Waals surface area contributed by atoms with Gasteiger partial charge in [-0.25, -0.2) is 12.8 Å². The molecule has 10 heteroatoms. The van der Waals surface area contributed by atoms with E-state index in [1.54, 1.807) is 25.1 Å². The van der Waals surface area contributed by atoms with Gasteiger partial charge < -0.3 is 4.90 Å². The minimum Gasteiger partial charge on any atom is -0.337 e. The number of sulfone groups is 1. The summed E-state index contributed by atoms with van der Waals surface area (Å²) in [6, 6.07) is 5.32. The SMILES string of the molecule is CCN(C(=O)CN1C(=O)/C(=C/c2ccc(F)cc2)SC1=S)[C@H]1CCS(=O)(=O)C1. The highest BCUT2D eigenvalue weighted by atomic mass is 32.2. The molecule has 3 rings (SSSR count). The van der Waals surface area contributed by atoms with Crippen molar-refractivity contribution in [2.75, 3.05) is 24.6 Å². The number of likely N-dealkylation sites (N-methyl/N-ethyl adjacent to an activating group) is 1. The van der Waals surface area contributed by atoms with Gasteiger partial charge in [-0.3, -0.25) is 14.5 Å². The van der Waals surface area contributed by atoms with Gasteiger partial charge in [-0.1, -0.05) is 36.1 Å². The van der Waals surface area contributed by atoms with Crippen LogP contribution in [0.4, 0.5) is 4.39 Å². The van der Waals surface area contributed by atoms with Crippen molar-refractivity contribution < 1.29 is 22.4 Å². The number of rotatable bonds is 5. The maximum absolute atomic E-state index is 13.0. The number of benzene rings is 1. The molecule has 150 valence electrons. The summed E-state index contributed by atoms with van der Waals surface area (Å²) in [6.45, 7) is 1.91. The van der Waals surface area contributed by atoms with E-state index in [-0.39, 0.29) is 46.0 Å². The molecule has 1 atom stereocenters. The number of hydrogen-bond acceptors (Lipinski definition) is 6. The Morgan fingerprint density at radius 3 is 2.64 bits per heavy atom. The summed E-state index contributed by atoms with van der Waals surface area (Å²) in [5, 5.41) is 0. The number of carbonyl (C=O) groups excluding carboxylic acids is 2. The molecule has 0 aromatic heterocycles. The van der Waals surface area contributed by atoms with Crippen molar-refractivity contribution in [3.8, 4) is 0 Å². The quantitative estimate of drug-likeness (QED) is 0.513. The van der Waals surface area contributed by atoms with Crippen LogP contribution in [0.2, 0.25) is 0 Å². The van der Waals surface area contributed by atoms with E-state index in [1.807, 2.05) is 0 Å². The summed E-state index contributed by atoms with van der Waals surface area (Å²) >= 11 is 6.33. The number of halogens is 1. The number of thioether (sulfide) groups is 1. The Kier molecular flexibility index (Phi) is 6.21. The van der Waals surface area contributed by atoms with Gasteiger partial charge in [0, 0.05) is 12.6 Å². The normalized spacial score (nSPS) is 22.9. The molecule has 6 nitrogen and oxygen atoms in total. The highest BCUT2D eigenvalue weighted by Gasteiger charge is 2.38. The first-order chi connectivity index (χ1) is 13.2. The molecule has 2 saturated heterocycles. The smallest absolute Gasteiger partial charge is 0.266 e. The van der Waals surface area contributed by atoms with Crippen molar-refractivity contribution in [3.05, 3.63) is 40.6 Å². The first-order valence-electron chi connectivity index (χ1n) is 8.71. The molecule has 2 aliphatic rings. The summed E-state index contributed by atoms with van der Waals surface area (Å²) in [5.74, 6) is -1.06. The molecule has 0 bridgehead atoms. The van der Waals surface area contributed by atoms with E-state index in [0.29, 0.717) is 23.4 Å². The van der Waals surface area contributed by atoms with E-state index in [1.165, 1.54) is 21.9 Å². The second kappa shape index (κ2) is 8.30. The topological polar surface area (TPSA) is 74.8 Å². The van der Waals surface area contributed by atoms with Gasteiger partial charge >= 0.3 is 0 Å². The van der Waals surface area contributed by atoms with Crippen molar-refractivity contribution >= 4 is 56.0 Å². The fourth-order valence-electron chi connectivity index (χ4n) is 3.23. The van der Waals surface area contributed by atoms with Crippen LogP contribution in [-0.2, 0) is 19.4 Å². The minimum atomic E-state index is -3.12. The lowest BCUT2D eigenvalue weighted by molar-refractivity contribution is -0.136. The zero-order chi connectivity index (χ0) is 20.5. The molecule has 2 amide bonds. The van der Waals surface area contributed by atoms with Crippen molar-refractivity contribution in [3.63, 3.8) is 0 Å². The van der Waals surface area contributed by atoms with Gasteiger partial charge in [0.1, 0.15) is 16.7 Å². The van der Waals surface area contributed by atoms with Crippen LogP contribution in [0, 0.1) is 5.82 Å². The number of hydrogen-bond donors (Lipinski definition) is 0. The van der Waals surface area contributed by atoms with Crippen molar-refractivity contribution in [2.24, 2.45) is 0 Å². The van der Waals surface area contributed by atoms with Crippen LogP contribution >= 0.6 is 24.0 Å². The van der Waals surface area contributed by atoms with Crippen LogP contribution in [0.1, 0.15) is 18.9 Å². The molecule has 1 aromatic carbocycles. The Bertz CT molecular complexity index is 944. The maximum Gasteiger partial charge on any atom is 0.266 e. The van der Waals surface area contributed by atoms with Gasteiger partial charge in [-0.2, -0.15) is 0 Å². The summed E-state index contributed by atoms with van der Waals surface area (Å²) < 4.78 is 36.7. The average molecular weight is 443 g/mol. The lowest BCUT2D eigenvalue weighted by atomic mass is 10.2. The van der Waals surface area contributed by atoms with E-state index in [0.717, 1.165) is 11.8 Å². The third kappa shape index (κ3) is 4.61. The Balaban J connectivity index is 1.71. The molecule has 2 fully saturated rings. The van der Waals surface area contributed by atoms with Gasteiger partial charge in [-0.15, -0.1) is 0 Å². The zero-order valence-corrected chi connectivity index (χ0v) is 17.6. The number of thiocarbonyl (C=S) groups is 1. The molecule has 0 radical (unpaired) electrons. The predicted octanol–water partition coefficient (Wildman–Crippen LogP) is 2.06. The van der Waals surface area contributed by atoms with Crippen LogP contribution in [0.25, 0.3) is 6.08 Å². The Morgan fingerprint density at radius 1 is 1.39 bits per heavy atom. The monoisotopic (exact) mass is 442 g/mol. The molecule has 2 aliphatic heterocycles. The third-order valence-corrected chi connectivity index (χ3v) is 7.77. The summed E-state index contributed by atoms with van der Waals surface area (Å²) in [5.41, 5.74) is 0.652. The average Bonchev–Trinajstić information content (AvgIpc) is 3.11. The third-order valence-electron chi connectivity index (χ3n) is 4.64. The van der Waals surface area contributed by atoms with Crippen molar-refractivity contribution in [1.82, 2.24) is 9.80 Å². The number of nitrogens with zero attached hydrogens (tertiary/aromatic N) is 2. The highest BCUT2D eigenvalue weighted by Crippen LogP contribution is 2.32. The number of carbonyl (C=O) groups is 2. The van der Waals surface area contributed by atoms with Gasteiger partial charge in [0.15, 0.2) is 9.84 Å². The second-order valence-corrected chi connectivity index (χ2v) is 10.5. The van der Waals surface area contributed by atoms with Crippen LogP contribution in [0.5, 0.6) is 0 Å². The molecule has 2 heterocycles. The largest absolute Gasteiger partial charge is 0.337 e. The molecular formula is C18H19FN2O4S3. The molecule has 1 aromatic rings. The van der Waals surface area contributed by atoms with Crippen LogP contribution in [0.3, 0.4) is 0 Å². The molecule has 28 heavy (non-hydrogen) atoms. The molecule has 0 N–H and O–H groups in total. The van der Waals surface area contributed by atoms with Gasteiger partial charge in [0.25, 0.3) is 5.91 Å². The summed E-state index contributed by atoms with van der Waals surface area (Å²) in [6.07, 6.45) is 2.01. The lowest BCUT2D eigenvalue weighted by Gasteiger charge is -2.28. The second-order valence-electron chi connectivity index (χ2n) is 6.56. The van der Waals surface area contributed by atoms with Gasteiger partial charge in [0.2, 0.25) is 5.91 Å². The van der Waals surface area contributed by atoms with Gasteiger partial charge in [-0.05, 0) is 37.1 Å². The number of amides is 2. The van der Waals surface area contributed by atoms with Gasteiger partial charge in [0.05, 0.1) is 16.4 Å². The van der Waals surface area contributed by atoms with Crippen LogP contribution in [0.15, 0.2) is 29.2 Å². The Hall–Kier alpha value is -1.78. The van der Waals surface area contributed by atoms with E-state index >= 15 is 0 Å². The van der Waals surface area contributed by atoms with Crippen molar-refractivity contribution in [2.45, 2.75) is 19.4 Å². The van der Waals surface area contributed by atoms with E-state index in [9.17, 15) is 22.4 Å². The first-order valence-corrected chi connectivity index (χ1v) is 11.8. The highest BCUT2D eigenvalue weighted by molar-refractivity contribution is 8.26. The fraction of sp³-hybridized carbons (Fsp3) is 0.389. The summed E-state index contributed by atoms with van der Waals surface area (Å²) in [7, 11) is -3.12. The fourth-order valence-corrected chi connectivity index (χ4v) is 6.22. The molecule has 0 spiro atoms. The molecule has 0 aliphatic carbocycles. The van der Waals surface area contributed by atoms with Crippen LogP contribution in [-0.4, -0.2) is 65.0 Å². The van der Waals surface area contributed by atoms with E-state index < -0.39 is 9.84 Å². The standard InChI is InChI=1S/C18H19FN2O4S3/c1-2-20(14-7-8-28(24,25)11-14)16(22)10-21-17(23)15(27-18(21)26)9-12-3-5-13(19)6-4-12/h3-6,9,14H,2,7-8,10-11H2,1H3/b15-9-/t14-/m0/s1. The molecule has 0 saturated carbocycles. The Morgan fingerprint density at radius 2 is 2.07 bits per heavy atom. The lowest BCUT2D eigenvalue weighted by Crippen LogP contribution is -2.47.